The highest BCUT2D eigenvalue weighted by Gasteiger charge is 2.40. The molecule has 1 aromatic rings. The third-order valence-electron chi connectivity index (χ3n) is 4.51. The van der Waals surface area contributed by atoms with E-state index < -0.39 is 15.1 Å². The van der Waals surface area contributed by atoms with Crippen LogP contribution in [-0.2, 0) is 9.84 Å². The van der Waals surface area contributed by atoms with Crippen molar-refractivity contribution in [2.24, 2.45) is 0 Å². The molecule has 3 rings (SSSR count). The largest absolute Gasteiger partial charge is 0.272 e. The Morgan fingerprint density at radius 2 is 2.05 bits per heavy atom. The lowest BCUT2D eigenvalue weighted by molar-refractivity contribution is -0.385. The Hall–Kier alpha value is -1.69. The van der Waals surface area contributed by atoms with Crippen molar-refractivity contribution < 1.29 is 13.3 Å². The van der Waals surface area contributed by atoms with Gasteiger partial charge in [-0.15, -0.1) is 0 Å². The summed E-state index contributed by atoms with van der Waals surface area (Å²) in [5.41, 5.74) is 2.42. The van der Waals surface area contributed by atoms with E-state index in [2.05, 4.69) is 0 Å². The Bertz CT molecular complexity index is 736. The number of hydrogen-bond acceptors (Lipinski definition) is 4. The molecule has 1 fully saturated rings. The standard InChI is InChI=1S/C15H17NO4S/c1-10-5-6-11(9-15(10)16(17)18)12-7-13-3-2-4-14(8-12)21(13,19)20/h5-7,9,13-14H,2-4,8H2,1H3. The van der Waals surface area contributed by atoms with Crippen LogP contribution in [0.5, 0.6) is 0 Å². The topological polar surface area (TPSA) is 77.3 Å². The highest BCUT2D eigenvalue weighted by Crippen LogP contribution is 2.39. The molecule has 5 nitrogen and oxygen atoms in total. The molecular weight excluding hydrogens is 290 g/mol. The van der Waals surface area contributed by atoms with E-state index in [0.717, 1.165) is 17.6 Å². The van der Waals surface area contributed by atoms with Crippen molar-refractivity contribution in [2.45, 2.75) is 43.1 Å². The van der Waals surface area contributed by atoms with Crippen LogP contribution in [0.1, 0.15) is 36.8 Å². The van der Waals surface area contributed by atoms with Gasteiger partial charge in [0.25, 0.3) is 5.69 Å². The van der Waals surface area contributed by atoms with Gasteiger partial charge in [0.05, 0.1) is 15.4 Å². The Balaban J connectivity index is 2.04. The van der Waals surface area contributed by atoms with Crippen molar-refractivity contribution >= 4 is 21.1 Å². The smallest absolute Gasteiger partial charge is 0.258 e. The van der Waals surface area contributed by atoms with Gasteiger partial charge in [0.15, 0.2) is 9.84 Å². The summed E-state index contributed by atoms with van der Waals surface area (Å²) in [6, 6.07) is 5.14. The average Bonchev–Trinajstić information content (AvgIpc) is 2.38. The van der Waals surface area contributed by atoms with Gasteiger partial charge in [-0.3, -0.25) is 10.1 Å². The van der Waals surface area contributed by atoms with Crippen molar-refractivity contribution in [1.82, 2.24) is 0 Å². The maximum atomic E-state index is 12.2. The van der Waals surface area contributed by atoms with E-state index in [-0.39, 0.29) is 15.9 Å². The summed E-state index contributed by atoms with van der Waals surface area (Å²) in [5.74, 6) is 0. The monoisotopic (exact) mass is 307 g/mol. The quantitative estimate of drug-likeness (QED) is 0.621. The number of sulfone groups is 1. The van der Waals surface area contributed by atoms with Crippen LogP contribution in [0, 0.1) is 17.0 Å². The van der Waals surface area contributed by atoms with E-state index in [0.29, 0.717) is 24.8 Å². The first-order valence-electron chi connectivity index (χ1n) is 7.08. The molecule has 2 atom stereocenters. The van der Waals surface area contributed by atoms with Crippen LogP contribution < -0.4 is 0 Å². The molecular formula is C15H17NO4S. The molecule has 2 bridgehead atoms. The van der Waals surface area contributed by atoms with Crippen molar-refractivity contribution in [3.63, 3.8) is 0 Å². The van der Waals surface area contributed by atoms with Crippen molar-refractivity contribution in [3.8, 4) is 0 Å². The number of benzene rings is 1. The molecule has 1 saturated heterocycles. The van der Waals surface area contributed by atoms with E-state index >= 15 is 0 Å². The number of rotatable bonds is 2. The maximum Gasteiger partial charge on any atom is 0.272 e. The van der Waals surface area contributed by atoms with E-state index in [1.807, 2.05) is 6.07 Å². The number of nitro benzene ring substituents is 1. The first kappa shape index (κ1) is 14.3. The molecule has 21 heavy (non-hydrogen) atoms. The third-order valence-corrected chi connectivity index (χ3v) is 7.06. The normalized spacial score (nSPS) is 27.0. The highest BCUT2D eigenvalue weighted by atomic mass is 32.2. The third kappa shape index (κ3) is 2.37. The fourth-order valence-corrected chi connectivity index (χ4v) is 5.53. The van der Waals surface area contributed by atoms with Gasteiger partial charge in [0, 0.05) is 11.6 Å². The van der Waals surface area contributed by atoms with Gasteiger partial charge in [-0.1, -0.05) is 24.6 Å². The molecule has 0 saturated carbocycles. The Kier molecular flexibility index (Phi) is 3.36. The summed E-state index contributed by atoms with van der Waals surface area (Å²) in [5, 5.41) is 10.3. The second kappa shape index (κ2) is 4.94. The Morgan fingerprint density at radius 1 is 1.29 bits per heavy atom. The molecule has 2 unspecified atom stereocenters. The summed E-state index contributed by atoms with van der Waals surface area (Å²) < 4.78 is 24.5. The van der Waals surface area contributed by atoms with Gasteiger partial charge in [-0.2, -0.15) is 0 Å². The number of nitrogens with zero attached hydrogens (tertiary/aromatic N) is 1. The van der Waals surface area contributed by atoms with Crippen molar-refractivity contribution in [3.05, 3.63) is 45.5 Å². The molecule has 0 amide bonds. The van der Waals surface area contributed by atoms with E-state index in [1.165, 1.54) is 0 Å². The SMILES string of the molecule is Cc1ccc(C2=CC3CCCC(C2)S3(=O)=O)cc1[N+](=O)[O-]. The van der Waals surface area contributed by atoms with Crippen molar-refractivity contribution in [1.29, 1.82) is 0 Å². The lowest BCUT2D eigenvalue weighted by Crippen LogP contribution is -2.38. The zero-order valence-electron chi connectivity index (χ0n) is 11.8. The second-order valence-electron chi connectivity index (χ2n) is 5.83. The van der Waals surface area contributed by atoms with Crippen LogP contribution in [-0.4, -0.2) is 23.8 Å². The number of aryl methyl sites for hydroxylation is 1. The average molecular weight is 307 g/mol. The minimum absolute atomic E-state index is 0.0898. The molecule has 2 aliphatic heterocycles. The molecule has 0 aliphatic carbocycles. The first-order chi connectivity index (χ1) is 9.89. The van der Waals surface area contributed by atoms with Gasteiger partial charge >= 0.3 is 0 Å². The summed E-state index contributed by atoms with van der Waals surface area (Å²) in [6.45, 7) is 1.70. The lowest BCUT2D eigenvalue weighted by atomic mass is 9.92. The fourth-order valence-electron chi connectivity index (χ4n) is 3.28. The van der Waals surface area contributed by atoms with Gasteiger partial charge < -0.3 is 0 Å². The zero-order chi connectivity index (χ0) is 15.2. The number of hydrogen-bond donors (Lipinski definition) is 0. The summed E-state index contributed by atoms with van der Waals surface area (Å²) in [7, 11) is -3.05. The van der Waals surface area contributed by atoms with E-state index in [9.17, 15) is 18.5 Å². The molecule has 0 spiro atoms. The predicted octanol–water partition coefficient (Wildman–Crippen LogP) is 3.03. The molecule has 0 aromatic heterocycles. The van der Waals surface area contributed by atoms with E-state index in [4.69, 9.17) is 0 Å². The summed E-state index contributed by atoms with van der Waals surface area (Å²) in [6.07, 6.45) is 4.57. The van der Waals surface area contributed by atoms with Crippen LogP contribution >= 0.6 is 0 Å². The molecule has 2 heterocycles. The molecule has 112 valence electrons. The minimum atomic E-state index is -3.05. The molecule has 0 N–H and O–H groups in total. The zero-order valence-corrected chi connectivity index (χ0v) is 12.6. The molecule has 1 aromatic carbocycles. The maximum absolute atomic E-state index is 12.2. The van der Waals surface area contributed by atoms with Gasteiger partial charge in [0.2, 0.25) is 0 Å². The fraction of sp³-hybridized carbons (Fsp3) is 0.467. The Labute approximate surface area is 123 Å². The lowest BCUT2D eigenvalue weighted by Gasteiger charge is -2.33. The number of allylic oxidation sites excluding steroid dienone is 1. The van der Waals surface area contributed by atoms with Crippen LogP contribution in [0.3, 0.4) is 0 Å². The second-order valence-corrected chi connectivity index (χ2v) is 8.29. The van der Waals surface area contributed by atoms with Crippen LogP contribution in [0.25, 0.3) is 5.57 Å². The Morgan fingerprint density at radius 3 is 2.71 bits per heavy atom. The molecule has 2 aliphatic rings. The van der Waals surface area contributed by atoms with Crippen LogP contribution in [0.4, 0.5) is 5.69 Å². The first-order valence-corrected chi connectivity index (χ1v) is 8.69. The minimum Gasteiger partial charge on any atom is -0.258 e. The van der Waals surface area contributed by atoms with Crippen LogP contribution in [0.15, 0.2) is 24.3 Å². The summed E-state index contributed by atoms with van der Waals surface area (Å²) in [4.78, 5) is 10.7. The van der Waals surface area contributed by atoms with Gasteiger partial charge in [-0.05, 0) is 37.3 Å². The van der Waals surface area contributed by atoms with Gasteiger partial charge in [-0.25, -0.2) is 8.42 Å². The highest BCUT2D eigenvalue weighted by molar-refractivity contribution is 7.93. The molecule has 6 heteroatoms. The van der Waals surface area contributed by atoms with E-state index in [1.54, 1.807) is 25.1 Å². The molecule has 0 radical (unpaired) electrons. The predicted molar refractivity (Wildman–Crippen MR) is 80.8 cm³/mol. The van der Waals surface area contributed by atoms with Crippen LogP contribution in [0.2, 0.25) is 0 Å². The van der Waals surface area contributed by atoms with Crippen molar-refractivity contribution in [2.75, 3.05) is 0 Å². The summed E-state index contributed by atoms with van der Waals surface area (Å²) >= 11 is 0. The number of fused-ring (bicyclic) bond motifs is 2. The number of nitro groups is 1. The van der Waals surface area contributed by atoms with Gasteiger partial charge in [0.1, 0.15) is 0 Å².